The first-order valence-electron chi connectivity index (χ1n) is 4.24. The maximum absolute atomic E-state index is 10.6. The number of aromatic hydroxyl groups is 1. The highest BCUT2D eigenvalue weighted by molar-refractivity contribution is 9.09. The second-order valence-electron chi connectivity index (χ2n) is 3.30. The number of halogens is 1. The second-order valence-corrected chi connectivity index (χ2v) is 4.41. The number of benzene rings is 1. The topological polar surface area (TPSA) is 63.4 Å². The molecule has 1 unspecified atom stereocenters. The van der Waals surface area contributed by atoms with E-state index < -0.39 is 4.92 Å². The lowest BCUT2D eigenvalue weighted by Gasteiger charge is -2.03. The van der Waals surface area contributed by atoms with Gasteiger partial charge in [-0.15, -0.1) is 0 Å². The van der Waals surface area contributed by atoms with Gasteiger partial charge in [-0.1, -0.05) is 15.9 Å². The fourth-order valence-electron chi connectivity index (χ4n) is 1.73. The molecule has 5 heteroatoms. The van der Waals surface area contributed by atoms with Gasteiger partial charge in [-0.25, -0.2) is 0 Å². The van der Waals surface area contributed by atoms with Crippen molar-refractivity contribution in [1.82, 2.24) is 0 Å². The zero-order valence-electron chi connectivity index (χ0n) is 7.24. The van der Waals surface area contributed by atoms with Crippen LogP contribution < -0.4 is 0 Å². The van der Waals surface area contributed by atoms with E-state index in [-0.39, 0.29) is 16.3 Å². The summed E-state index contributed by atoms with van der Waals surface area (Å²) in [7, 11) is 0. The zero-order valence-corrected chi connectivity index (χ0v) is 8.82. The molecule has 4 nitrogen and oxygen atoms in total. The van der Waals surface area contributed by atoms with E-state index >= 15 is 0 Å². The van der Waals surface area contributed by atoms with E-state index in [0.29, 0.717) is 0 Å². The minimum Gasteiger partial charge on any atom is -0.502 e. The number of hydrogen-bond donors (Lipinski definition) is 1. The standard InChI is InChI=1S/C9H8BrNO3/c10-7-2-1-5-3-9(12)8(11(13)14)4-6(5)7/h3-4,7,12H,1-2H2. The van der Waals surface area contributed by atoms with E-state index in [9.17, 15) is 15.2 Å². The Kier molecular flexibility index (Phi) is 2.19. The first kappa shape index (κ1) is 9.45. The summed E-state index contributed by atoms with van der Waals surface area (Å²) < 4.78 is 0. The lowest BCUT2D eigenvalue weighted by Crippen LogP contribution is -1.92. The molecule has 0 bridgehead atoms. The van der Waals surface area contributed by atoms with Gasteiger partial charge in [0, 0.05) is 10.9 Å². The van der Waals surface area contributed by atoms with Crippen molar-refractivity contribution >= 4 is 21.6 Å². The molecule has 14 heavy (non-hydrogen) atoms. The Bertz CT molecular complexity index is 405. The van der Waals surface area contributed by atoms with Crippen molar-refractivity contribution in [2.75, 3.05) is 0 Å². The number of nitro benzene ring substituents is 1. The largest absolute Gasteiger partial charge is 0.502 e. The summed E-state index contributed by atoms with van der Waals surface area (Å²) in [5, 5.41) is 19.9. The van der Waals surface area contributed by atoms with Crippen LogP contribution in [0.5, 0.6) is 5.75 Å². The van der Waals surface area contributed by atoms with Crippen molar-refractivity contribution in [2.45, 2.75) is 17.7 Å². The monoisotopic (exact) mass is 257 g/mol. The molecule has 74 valence electrons. The van der Waals surface area contributed by atoms with E-state index in [2.05, 4.69) is 15.9 Å². The SMILES string of the molecule is O=[N+]([O-])c1cc2c(cc1O)CCC2Br. The molecule has 1 N–H and O–H groups in total. The highest BCUT2D eigenvalue weighted by atomic mass is 79.9. The molecule has 0 saturated heterocycles. The molecule has 1 aromatic rings. The first-order valence-corrected chi connectivity index (χ1v) is 5.15. The molecule has 1 aliphatic rings. The Hall–Kier alpha value is -1.10. The van der Waals surface area contributed by atoms with E-state index in [1.54, 1.807) is 0 Å². The van der Waals surface area contributed by atoms with Gasteiger partial charge in [-0.2, -0.15) is 0 Å². The second kappa shape index (κ2) is 3.24. The van der Waals surface area contributed by atoms with Crippen molar-refractivity contribution in [3.63, 3.8) is 0 Å². The minimum absolute atomic E-state index is 0.178. The van der Waals surface area contributed by atoms with Crippen LogP contribution in [0.3, 0.4) is 0 Å². The number of phenols is 1. The average molecular weight is 258 g/mol. The normalized spacial score (nSPS) is 19.4. The molecule has 0 heterocycles. The van der Waals surface area contributed by atoms with Crippen LogP contribution in [0.25, 0.3) is 0 Å². The average Bonchev–Trinajstić information content (AvgIpc) is 2.46. The zero-order chi connectivity index (χ0) is 10.3. The molecule has 0 aromatic heterocycles. The Balaban J connectivity index is 2.57. The predicted molar refractivity (Wildman–Crippen MR) is 54.8 cm³/mol. The van der Waals surface area contributed by atoms with Gasteiger partial charge < -0.3 is 5.11 Å². The summed E-state index contributed by atoms with van der Waals surface area (Å²) >= 11 is 3.44. The third kappa shape index (κ3) is 1.37. The molecule has 1 aliphatic carbocycles. The molecular formula is C9H8BrNO3. The van der Waals surface area contributed by atoms with Crippen LogP contribution in [0.15, 0.2) is 12.1 Å². The molecule has 0 spiro atoms. The molecule has 1 aromatic carbocycles. The van der Waals surface area contributed by atoms with Gasteiger partial charge >= 0.3 is 5.69 Å². The van der Waals surface area contributed by atoms with Crippen LogP contribution in [0.1, 0.15) is 22.4 Å². The van der Waals surface area contributed by atoms with Crippen molar-refractivity contribution in [3.8, 4) is 5.75 Å². The number of rotatable bonds is 1. The van der Waals surface area contributed by atoms with E-state index in [1.165, 1.54) is 12.1 Å². The van der Waals surface area contributed by atoms with Crippen LogP contribution in [0.4, 0.5) is 5.69 Å². The summed E-state index contributed by atoms with van der Waals surface area (Å²) in [6, 6.07) is 2.95. The smallest absolute Gasteiger partial charge is 0.311 e. The lowest BCUT2D eigenvalue weighted by molar-refractivity contribution is -0.385. The molecule has 0 amide bonds. The van der Waals surface area contributed by atoms with Gasteiger partial charge in [-0.3, -0.25) is 10.1 Å². The third-order valence-corrected chi connectivity index (χ3v) is 3.39. The van der Waals surface area contributed by atoms with E-state index in [1.807, 2.05) is 0 Å². The maximum atomic E-state index is 10.6. The summed E-state index contributed by atoms with van der Waals surface area (Å²) in [6.45, 7) is 0. The van der Waals surface area contributed by atoms with Gasteiger partial charge in [-0.05, 0) is 30.0 Å². The highest BCUT2D eigenvalue weighted by Gasteiger charge is 2.25. The molecule has 0 aliphatic heterocycles. The summed E-state index contributed by atoms with van der Waals surface area (Å²) in [6.07, 6.45) is 1.78. The fraction of sp³-hybridized carbons (Fsp3) is 0.333. The van der Waals surface area contributed by atoms with Gasteiger partial charge in [0.05, 0.1) is 4.92 Å². The number of nitrogens with zero attached hydrogens (tertiary/aromatic N) is 1. The molecule has 0 radical (unpaired) electrons. The fourth-order valence-corrected chi connectivity index (χ4v) is 2.38. The Morgan fingerprint density at radius 3 is 2.93 bits per heavy atom. The Morgan fingerprint density at radius 2 is 2.29 bits per heavy atom. The number of phenolic OH excluding ortho intramolecular Hbond substituents is 1. The highest BCUT2D eigenvalue weighted by Crippen LogP contribution is 2.42. The number of nitro groups is 1. The van der Waals surface area contributed by atoms with Crippen molar-refractivity contribution < 1.29 is 10.0 Å². The number of alkyl halides is 1. The molecule has 2 rings (SSSR count). The number of aryl methyl sites for hydroxylation is 1. The number of hydrogen-bond acceptors (Lipinski definition) is 3. The van der Waals surface area contributed by atoms with E-state index in [4.69, 9.17) is 0 Å². The molecule has 1 atom stereocenters. The minimum atomic E-state index is -0.562. The third-order valence-electron chi connectivity index (χ3n) is 2.44. The van der Waals surface area contributed by atoms with Crippen LogP contribution in [-0.4, -0.2) is 10.0 Å². The van der Waals surface area contributed by atoms with Crippen molar-refractivity contribution in [1.29, 1.82) is 0 Å². The molecular weight excluding hydrogens is 250 g/mol. The van der Waals surface area contributed by atoms with Crippen molar-refractivity contribution in [2.24, 2.45) is 0 Å². The predicted octanol–water partition coefficient (Wildman–Crippen LogP) is 2.68. The Labute approximate surface area is 88.8 Å². The Morgan fingerprint density at radius 1 is 1.57 bits per heavy atom. The summed E-state index contributed by atoms with van der Waals surface area (Å²) in [5.41, 5.74) is 1.71. The quantitative estimate of drug-likeness (QED) is 0.478. The van der Waals surface area contributed by atoms with Crippen LogP contribution in [0.2, 0.25) is 0 Å². The van der Waals surface area contributed by atoms with Crippen molar-refractivity contribution in [3.05, 3.63) is 33.4 Å². The molecule has 0 saturated carbocycles. The molecule has 0 fully saturated rings. The van der Waals surface area contributed by atoms with Crippen LogP contribution in [-0.2, 0) is 6.42 Å². The van der Waals surface area contributed by atoms with Crippen LogP contribution in [0, 0.1) is 10.1 Å². The van der Waals surface area contributed by atoms with E-state index in [0.717, 1.165) is 24.0 Å². The van der Waals surface area contributed by atoms with Crippen LogP contribution >= 0.6 is 15.9 Å². The maximum Gasteiger partial charge on any atom is 0.311 e. The lowest BCUT2D eigenvalue weighted by atomic mass is 10.1. The first-order chi connectivity index (χ1) is 6.59. The number of fused-ring (bicyclic) bond motifs is 1. The summed E-state index contributed by atoms with van der Waals surface area (Å²) in [5.74, 6) is -0.240. The van der Waals surface area contributed by atoms with Gasteiger partial charge in [0.25, 0.3) is 0 Å². The van der Waals surface area contributed by atoms with Gasteiger partial charge in [0.15, 0.2) is 5.75 Å². The van der Waals surface area contributed by atoms with Gasteiger partial charge in [0.1, 0.15) is 0 Å². The summed E-state index contributed by atoms with van der Waals surface area (Å²) in [4.78, 5) is 10.2. The van der Waals surface area contributed by atoms with Gasteiger partial charge in [0.2, 0.25) is 0 Å².